The summed E-state index contributed by atoms with van der Waals surface area (Å²) in [5.74, 6) is 0. The Bertz CT molecular complexity index is 698. The Hall–Kier alpha value is -2.54. The fraction of sp³-hybridized carbons (Fsp3) is 0.182. The molecule has 0 atom stereocenters. The molecule has 0 aliphatic rings. The van der Waals surface area contributed by atoms with E-state index in [1.165, 1.54) is 22.6 Å². The number of benzene rings is 3. The van der Waals surface area contributed by atoms with Crippen LogP contribution in [0.3, 0.4) is 0 Å². The Morgan fingerprint density at radius 1 is 0.522 bits per heavy atom. The van der Waals surface area contributed by atoms with Crippen molar-refractivity contribution in [3.63, 3.8) is 0 Å². The van der Waals surface area contributed by atoms with Gasteiger partial charge >= 0.3 is 0 Å². The van der Waals surface area contributed by atoms with Gasteiger partial charge in [0.25, 0.3) is 0 Å². The Kier molecular flexibility index (Phi) is 4.20. The van der Waals surface area contributed by atoms with Crippen LogP contribution < -0.4 is 4.90 Å². The molecule has 0 amide bonds. The molecule has 0 fully saturated rings. The summed E-state index contributed by atoms with van der Waals surface area (Å²) < 4.78 is 0. The Morgan fingerprint density at radius 3 is 1.30 bits per heavy atom. The SMILES string of the molecule is CC(C)(C)c1ccc(N(c2ccccc2)c2ccccc2)cc1. The molecule has 1 nitrogen and oxygen atoms in total. The van der Waals surface area contributed by atoms with E-state index < -0.39 is 0 Å². The number of hydrogen-bond donors (Lipinski definition) is 0. The van der Waals surface area contributed by atoms with E-state index in [1.807, 2.05) is 0 Å². The van der Waals surface area contributed by atoms with Gasteiger partial charge in [-0.25, -0.2) is 0 Å². The van der Waals surface area contributed by atoms with Gasteiger partial charge in [0.05, 0.1) is 0 Å². The predicted molar refractivity (Wildman–Crippen MR) is 99.8 cm³/mol. The van der Waals surface area contributed by atoms with Crippen LogP contribution >= 0.6 is 0 Å². The van der Waals surface area contributed by atoms with Crippen molar-refractivity contribution in [2.75, 3.05) is 4.90 Å². The van der Waals surface area contributed by atoms with E-state index in [0.29, 0.717) is 0 Å². The summed E-state index contributed by atoms with van der Waals surface area (Å²) >= 11 is 0. The number of nitrogens with zero attached hydrogens (tertiary/aromatic N) is 1. The standard InChI is InChI=1S/C22H23N/c1-22(2,3)18-14-16-21(17-15-18)23(19-10-6-4-7-11-19)20-12-8-5-9-13-20/h4-17H,1-3H3. The van der Waals surface area contributed by atoms with Gasteiger partial charge in [-0.05, 0) is 47.4 Å². The molecule has 1 heteroatoms. The topological polar surface area (TPSA) is 3.24 Å². The van der Waals surface area contributed by atoms with Crippen molar-refractivity contribution in [3.8, 4) is 0 Å². The largest absolute Gasteiger partial charge is 0.311 e. The molecule has 0 saturated heterocycles. The average molecular weight is 301 g/mol. The summed E-state index contributed by atoms with van der Waals surface area (Å²) in [5, 5.41) is 0. The van der Waals surface area contributed by atoms with Crippen molar-refractivity contribution in [1.82, 2.24) is 0 Å². The number of hydrogen-bond acceptors (Lipinski definition) is 1. The molecular weight excluding hydrogens is 278 g/mol. The van der Waals surface area contributed by atoms with E-state index in [9.17, 15) is 0 Å². The zero-order valence-electron chi connectivity index (χ0n) is 14.0. The molecule has 0 bridgehead atoms. The lowest BCUT2D eigenvalue weighted by Crippen LogP contribution is -2.13. The van der Waals surface area contributed by atoms with E-state index >= 15 is 0 Å². The van der Waals surface area contributed by atoms with Gasteiger partial charge in [-0.15, -0.1) is 0 Å². The highest BCUT2D eigenvalue weighted by Crippen LogP contribution is 2.35. The first-order valence-electron chi connectivity index (χ1n) is 8.06. The number of anilines is 3. The summed E-state index contributed by atoms with van der Waals surface area (Å²) in [6.07, 6.45) is 0. The van der Waals surface area contributed by atoms with Crippen molar-refractivity contribution in [1.29, 1.82) is 0 Å². The monoisotopic (exact) mass is 301 g/mol. The molecule has 0 aromatic heterocycles. The molecule has 23 heavy (non-hydrogen) atoms. The summed E-state index contributed by atoms with van der Waals surface area (Å²) in [6.45, 7) is 6.73. The van der Waals surface area contributed by atoms with Crippen molar-refractivity contribution in [3.05, 3.63) is 90.5 Å². The molecule has 0 radical (unpaired) electrons. The summed E-state index contributed by atoms with van der Waals surface area (Å²) in [4.78, 5) is 2.28. The van der Waals surface area contributed by atoms with Crippen LogP contribution in [0.25, 0.3) is 0 Å². The maximum absolute atomic E-state index is 2.28. The van der Waals surface area contributed by atoms with Crippen LogP contribution in [-0.4, -0.2) is 0 Å². The molecule has 0 aliphatic heterocycles. The van der Waals surface area contributed by atoms with Crippen LogP contribution in [0.4, 0.5) is 17.1 Å². The van der Waals surface area contributed by atoms with Gasteiger partial charge < -0.3 is 4.90 Å². The highest BCUT2D eigenvalue weighted by atomic mass is 15.1. The predicted octanol–water partition coefficient (Wildman–Crippen LogP) is 6.45. The lowest BCUT2D eigenvalue weighted by atomic mass is 9.87. The second kappa shape index (κ2) is 6.29. The van der Waals surface area contributed by atoms with Crippen LogP contribution in [0.1, 0.15) is 26.3 Å². The molecule has 0 N–H and O–H groups in total. The van der Waals surface area contributed by atoms with Gasteiger partial charge in [-0.1, -0.05) is 69.3 Å². The van der Waals surface area contributed by atoms with E-state index in [1.54, 1.807) is 0 Å². The molecule has 3 rings (SSSR count). The van der Waals surface area contributed by atoms with E-state index in [-0.39, 0.29) is 5.41 Å². The van der Waals surface area contributed by atoms with Crippen LogP contribution in [-0.2, 0) is 5.41 Å². The summed E-state index contributed by atoms with van der Waals surface area (Å²) in [6, 6.07) is 29.9. The van der Waals surface area contributed by atoms with Crippen LogP contribution in [0, 0.1) is 0 Å². The third kappa shape index (κ3) is 3.45. The highest BCUT2D eigenvalue weighted by Gasteiger charge is 2.15. The zero-order valence-corrected chi connectivity index (χ0v) is 14.0. The third-order valence-corrected chi connectivity index (χ3v) is 4.02. The van der Waals surface area contributed by atoms with Crippen molar-refractivity contribution >= 4 is 17.1 Å². The maximum atomic E-state index is 2.28. The maximum Gasteiger partial charge on any atom is 0.0461 e. The molecule has 0 saturated carbocycles. The van der Waals surface area contributed by atoms with Gasteiger partial charge in [0, 0.05) is 17.1 Å². The Labute approximate surface area is 139 Å². The third-order valence-electron chi connectivity index (χ3n) is 4.02. The lowest BCUT2D eigenvalue weighted by molar-refractivity contribution is 0.590. The van der Waals surface area contributed by atoms with Crippen molar-refractivity contribution < 1.29 is 0 Å². The van der Waals surface area contributed by atoms with Crippen molar-refractivity contribution in [2.24, 2.45) is 0 Å². The Balaban J connectivity index is 2.06. The van der Waals surface area contributed by atoms with E-state index in [4.69, 9.17) is 0 Å². The second-order valence-electron chi connectivity index (χ2n) is 6.80. The summed E-state index contributed by atoms with van der Waals surface area (Å²) in [7, 11) is 0. The van der Waals surface area contributed by atoms with Gasteiger partial charge in [0.2, 0.25) is 0 Å². The molecule has 0 spiro atoms. The van der Waals surface area contributed by atoms with Crippen LogP contribution in [0.2, 0.25) is 0 Å². The first-order chi connectivity index (χ1) is 11.1. The molecular formula is C22H23N. The van der Waals surface area contributed by atoms with Crippen molar-refractivity contribution in [2.45, 2.75) is 26.2 Å². The van der Waals surface area contributed by atoms with Gasteiger partial charge in [-0.2, -0.15) is 0 Å². The smallest absolute Gasteiger partial charge is 0.0461 e. The highest BCUT2D eigenvalue weighted by molar-refractivity contribution is 5.76. The zero-order chi connectivity index (χ0) is 16.3. The molecule has 0 heterocycles. The molecule has 0 unspecified atom stereocenters. The van der Waals surface area contributed by atoms with Gasteiger partial charge in [0.1, 0.15) is 0 Å². The Morgan fingerprint density at radius 2 is 0.913 bits per heavy atom. The molecule has 0 aliphatic carbocycles. The quantitative estimate of drug-likeness (QED) is 0.537. The summed E-state index contributed by atoms with van der Waals surface area (Å²) in [5.41, 5.74) is 5.03. The average Bonchev–Trinajstić information content (AvgIpc) is 2.57. The van der Waals surface area contributed by atoms with Gasteiger partial charge in [0.15, 0.2) is 0 Å². The van der Waals surface area contributed by atoms with Crippen LogP contribution in [0.15, 0.2) is 84.9 Å². The van der Waals surface area contributed by atoms with E-state index in [2.05, 4.69) is 111 Å². The minimum atomic E-state index is 0.169. The second-order valence-corrected chi connectivity index (χ2v) is 6.80. The number of rotatable bonds is 3. The first kappa shape index (κ1) is 15.4. The fourth-order valence-electron chi connectivity index (χ4n) is 2.71. The van der Waals surface area contributed by atoms with Gasteiger partial charge in [-0.3, -0.25) is 0 Å². The normalized spacial score (nSPS) is 11.3. The van der Waals surface area contributed by atoms with Crippen LogP contribution in [0.5, 0.6) is 0 Å². The number of para-hydroxylation sites is 2. The fourth-order valence-corrected chi connectivity index (χ4v) is 2.71. The van der Waals surface area contributed by atoms with E-state index in [0.717, 1.165) is 0 Å². The minimum absolute atomic E-state index is 0.169. The molecule has 116 valence electrons. The minimum Gasteiger partial charge on any atom is -0.311 e. The first-order valence-corrected chi connectivity index (χ1v) is 8.06. The molecule has 3 aromatic carbocycles. The lowest BCUT2D eigenvalue weighted by Gasteiger charge is -2.26. The molecule has 3 aromatic rings.